The Morgan fingerprint density at radius 1 is 0.917 bits per heavy atom. The van der Waals surface area contributed by atoms with E-state index in [0.717, 1.165) is 16.5 Å². The van der Waals surface area contributed by atoms with Gasteiger partial charge in [0.25, 0.3) is 10.0 Å². The molecule has 3 aromatic carbocycles. The van der Waals surface area contributed by atoms with E-state index in [9.17, 15) is 21.6 Å². The van der Waals surface area contributed by atoms with Crippen LogP contribution in [0.2, 0.25) is 0 Å². The van der Waals surface area contributed by atoms with Crippen molar-refractivity contribution < 1.29 is 26.5 Å². The molecule has 0 unspecified atom stereocenters. The molecule has 0 spiro atoms. The molecule has 0 saturated heterocycles. The minimum Gasteiger partial charge on any atom is -0.312 e. The van der Waals surface area contributed by atoms with Crippen LogP contribution in [0.25, 0.3) is 17.1 Å². The summed E-state index contributed by atoms with van der Waals surface area (Å²) in [6.07, 6.45) is 2.61. The number of carbonyl (C=O) groups is 1. The number of rotatable bonds is 8. The zero-order valence-electron chi connectivity index (χ0n) is 19.1. The summed E-state index contributed by atoms with van der Waals surface area (Å²) >= 11 is 0. The van der Waals surface area contributed by atoms with Gasteiger partial charge in [-0.2, -0.15) is 0 Å². The highest BCUT2D eigenvalue weighted by Gasteiger charge is 2.16. The van der Waals surface area contributed by atoms with E-state index >= 15 is 0 Å². The predicted molar refractivity (Wildman–Crippen MR) is 133 cm³/mol. The number of fused-ring (bicyclic) bond motifs is 1. The first-order valence-corrected chi connectivity index (χ1v) is 13.4. The van der Waals surface area contributed by atoms with Crippen LogP contribution in [0.15, 0.2) is 82.6 Å². The number of nitrogens with zero attached hydrogens (tertiary/aromatic N) is 3. The predicted octanol–water partition coefficient (Wildman–Crippen LogP) is 2.12. The van der Waals surface area contributed by atoms with Crippen molar-refractivity contribution in [1.82, 2.24) is 19.9 Å². The van der Waals surface area contributed by atoms with E-state index in [0.29, 0.717) is 16.8 Å². The quantitative estimate of drug-likeness (QED) is 0.261. The van der Waals surface area contributed by atoms with Crippen LogP contribution in [0, 0.1) is 6.92 Å². The van der Waals surface area contributed by atoms with E-state index in [-0.39, 0.29) is 15.3 Å². The highest BCUT2D eigenvalue weighted by molar-refractivity contribution is 7.92. The molecule has 0 radical (unpaired) electrons. The normalized spacial score (nSPS) is 12.2. The largest absolute Gasteiger partial charge is 0.358 e. The van der Waals surface area contributed by atoms with Crippen molar-refractivity contribution in [2.24, 2.45) is 0 Å². The summed E-state index contributed by atoms with van der Waals surface area (Å²) in [6, 6.07) is 16.9. The molecule has 0 aliphatic carbocycles. The van der Waals surface area contributed by atoms with Crippen LogP contribution in [-0.4, -0.2) is 45.0 Å². The molecule has 4 rings (SSSR count). The van der Waals surface area contributed by atoms with Gasteiger partial charge in [-0.3, -0.25) is 4.72 Å². The number of aryl methyl sites for hydroxylation is 1. The van der Waals surface area contributed by atoms with Gasteiger partial charge in [-0.05, 0) is 73.3 Å². The average molecular weight is 528 g/mol. The molecule has 0 amide bonds. The molecule has 4 aromatic rings. The molecule has 2 N–H and O–H groups in total. The number of hydrogen-bond donors (Lipinski definition) is 2. The van der Waals surface area contributed by atoms with Gasteiger partial charge >= 0.3 is 5.97 Å². The highest BCUT2D eigenvalue weighted by atomic mass is 32.2. The van der Waals surface area contributed by atoms with Crippen molar-refractivity contribution in [2.45, 2.75) is 16.7 Å². The lowest BCUT2D eigenvalue weighted by Gasteiger charge is -2.08. The molecule has 13 heteroatoms. The third-order valence-electron chi connectivity index (χ3n) is 5.05. The van der Waals surface area contributed by atoms with Crippen molar-refractivity contribution in [2.75, 3.05) is 11.8 Å². The van der Waals surface area contributed by atoms with E-state index in [4.69, 9.17) is 4.84 Å². The summed E-state index contributed by atoms with van der Waals surface area (Å²) in [5.74, 6) is -0.784. The van der Waals surface area contributed by atoms with Gasteiger partial charge in [0.2, 0.25) is 10.0 Å². The lowest BCUT2D eigenvalue weighted by atomic mass is 10.2. The fourth-order valence-electron chi connectivity index (χ4n) is 3.10. The first-order valence-electron chi connectivity index (χ1n) is 10.5. The molecule has 36 heavy (non-hydrogen) atoms. The number of carbonyl (C=O) groups excluding carboxylic acids is 1. The molecule has 0 saturated carbocycles. The van der Waals surface area contributed by atoms with Crippen molar-refractivity contribution in [3.05, 3.63) is 83.9 Å². The molecule has 0 bridgehead atoms. The van der Waals surface area contributed by atoms with Crippen LogP contribution < -0.4 is 14.3 Å². The van der Waals surface area contributed by atoms with Crippen LogP contribution in [0.1, 0.15) is 11.1 Å². The summed E-state index contributed by atoms with van der Waals surface area (Å²) < 4.78 is 53.8. The van der Waals surface area contributed by atoms with Gasteiger partial charge < -0.3 is 4.84 Å². The SMILES string of the molecule is CNS(=O)(=O)c1ccc2nnn(OC(=O)/C=C/c3ccc(NS(=O)(=O)c4ccc(C)cc4)cc3)c2c1. The number of nitrogens with one attached hydrogen (secondary N) is 2. The maximum atomic E-state index is 12.5. The Kier molecular flexibility index (Phi) is 6.88. The standard InChI is InChI=1S/C23H21N5O6S2/c1-16-3-10-19(11-4-16)36(32,33)26-18-8-5-17(6-9-18)7-14-23(29)34-28-22-15-20(35(30,31)24-2)12-13-21(22)25-27-28/h3-15,24,26H,1-2H3/b14-7+. The highest BCUT2D eigenvalue weighted by Crippen LogP contribution is 2.18. The van der Waals surface area contributed by atoms with Crippen molar-refractivity contribution in [1.29, 1.82) is 0 Å². The molecule has 0 atom stereocenters. The fourth-order valence-corrected chi connectivity index (χ4v) is 4.91. The zero-order valence-corrected chi connectivity index (χ0v) is 20.7. The van der Waals surface area contributed by atoms with E-state index in [2.05, 4.69) is 19.8 Å². The number of anilines is 1. The van der Waals surface area contributed by atoms with Crippen LogP contribution in [0.4, 0.5) is 5.69 Å². The van der Waals surface area contributed by atoms with Gasteiger partial charge in [0.05, 0.1) is 9.79 Å². The van der Waals surface area contributed by atoms with Gasteiger partial charge in [0, 0.05) is 11.8 Å². The third kappa shape index (κ3) is 5.59. The smallest absolute Gasteiger partial charge is 0.312 e. The first kappa shape index (κ1) is 25.0. The van der Waals surface area contributed by atoms with E-state index < -0.39 is 26.0 Å². The summed E-state index contributed by atoms with van der Waals surface area (Å²) in [4.78, 5) is 18.4. The number of benzene rings is 3. The molecule has 1 aromatic heterocycles. The zero-order chi connectivity index (χ0) is 25.9. The Morgan fingerprint density at radius 2 is 1.58 bits per heavy atom. The maximum Gasteiger partial charge on any atom is 0.358 e. The van der Waals surface area contributed by atoms with E-state index in [1.54, 1.807) is 36.4 Å². The van der Waals surface area contributed by atoms with Crippen LogP contribution >= 0.6 is 0 Å². The maximum absolute atomic E-state index is 12.5. The van der Waals surface area contributed by atoms with Crippen molar-refractivity contribution in [3.63, 3.8) is 0 Å². The first-order chi connectivity index (χ1) is 17.1. The number of hydrogen-bond acceptors (Lipinski definition) is 8. The molecule has 1 heterocycles. The monoisotopic (exact) mass is 527 g/mol. The lowest BCUT2D eigenvalue weighted by molar-refractivity contribution is -0.139. The van der Waals surface area contributed by atoms with Gasteiger partial charge in [0.1, 0.15) is 11.0 Å². The van der Waals surface area contributed by atoms with Crippen LogP contribution in [0.3, 0.4) is 0 Å². The summed E-state index contributed by atoms with van der Waals surface area (Å²) in [7, 11) is -6.15. The second-order valence-electron chi connectivity index (χ2n) is 7.60. The summed E-state index contributed by atoms with van der Waals surface area (Å²) in [5, 5.41) is 7.57. The molecular weight excluding hydrogens is 506 g/mol. The molecule has 11 nitrogen and oxygen atoms in total. The second kappa shape index (κ2) is 9.89. The Labute approximate surface area is 207 Å². The third-order valence-corrected chi connectivity index (χ3v) is 7.86. The Balaban J connectivity index is 1.43. The van der Waals surface area contributed by atoms with Crippen molar-refractivity contribution >= 4 is 48.8 Å². The van der Waals surface area contributed by atoms with Gasteiger partial charge in [-0.1, -0.05) is 34.7 Å². The summed E-state index contributed by atoms with van der Waals surface area (Å²) in [6.45, 7) is 1.87. The molecule has 0 aliphatic heterocycles. The van der Waals surface area contributed by atoms with Gasteiger partial charge in [0.15, 0.2) is 0 Å². The van der Waals surface area contributed by atoms with Crippen LogP contribution in [-0.2, 0) is 24.8 Å². The molecule has 0 fully saturated rings. The molecule has 186 valence electrons. The summed E-state index contributed by atoms with van der Waals surface area (Å²) in [5.41, 5.74) is 2.45. The van der Waals surface area contributed by atoms with Crippen LogP contribution in [0.5, 0.6) is 0 Å². The fraction of sp³-hybridized carbons (Fsp3) is 0.0870. The number of aromatic nitrogens is 3. The van der Waals surface area contributed by atoms with E-state index in [1.165, 1.54) is 43.5 Å². The average Bonchev–Trinajstić information content (AvgIpc) is 3.25. The minimum absolute atomic E-state index is 0.0364. The van der Waals surface area contributed by atoms with Gasteiger partial charge in [-0.25, -0.2) is 26.4 Å². The Bertz CT molecular complexity index is 1660. The number of sulfonamides is 2. The Morgan fingerprint density at radius 3 is 2.25 bits per heavy atom. The van der Waals surface area contributed by atoms with E-state index in [1.807, 2.05) is 6.92 Å². The van der Waals surface area contributed by atoms with Gasteiger partial charge in [-0.15, -0.1) is 5.10 Å². The minimum atomic E-state index is -3.73. The lowest BCUT2D eigenvalue weighted by Crippen LogP contribution is -2.20. The topological polar surface area (TPSA) is 149 Å². The molecule has 0 aliphatic rings. The second-order valence-corrected chi connectivity index (χ2v) is 11.2. The Hall–Kier alpha value is -4.07. The van der Waals surface area contributed by atoms with Crippen molar-refractivity contribution in [3.8, 4) is 0 Å². The molecular formula is C23H21N5O6S2.